The van der Waals surface area contributed by atoms with Gasteiger partial charge in [-0.05, 0) is 49.9 Å². The summed E-state index contributed by atoms with van der Waals surface area (Å²) in [5, 5.41) is 2.86. The van der Waals surface area contributed by atoms with Crippen molar-refractivity contribution < 1.29 is 9.18 Å². The van der Waals surface area contributed by atoms with Crippen LogP contribution in [-0.4, -0.2) is 48.1 Å². The number of hydrogen-bond donors (Lipinski definition) is 1. The van der Waals surface area contributed by atoms with Gasteiger partial charge in [0.2, 0.25) is 0 Å². The van der Waals surface area contributed by atoms with E-state index < -0.39 is 0 Å². The molecule has 2 aromatic carbocycles. The molecular formula is C23H28FN3O. The lowest BCUT2D eigenvalue weighted by Gasteiger charge is -2.36. The number of nitrogens with zero attached hydrogens (tertiary/aromatic N) is 2. The summed E-state index contributed by atoms with van der Waals surface area (Å²) >= 11 is 0. The Morgan fingerprint density at radius 2 is 1.68 bits per heavy atom. The molecule has 2 aromatic rings. The second-order valence-electron chi connectivity index (χ2n) is 7.86. The molecule has 2 amide bonds. The van der Waals surface area contributed by atoms with E-state index in [1.54, 1.807) is 18.2 Å². The minimum atomic E-state index is -0.275. The first-order valence-corrected chi connectivity index (χ1v) is 10.3. The van der Waals surface area contributed by atoms with E-state index in [-0.39, 0.29) is 18.4 Å². The average Bonchev–Trinajstić information content (AvgIpc) is 3.24. The molecule has 5 heteroatoms. The molecule has 0 saturated carbocycles. The fourth-order valence-corrected chi connectivity index (χ4v) is 4.47. The molecule has 0 aliphatic carbocycles. The molecule has 4 nitrogen and oxygen atoms in total. The van der Waals surface area contributed by atoms with Gasteiger partial charge in [-0.2, -0.15) is 0 Å². The first kappa shape index (κ1) is 18.9. The van der Waals surface area contributed by atoms with Gasteiger partial charge in [0.05, 0.1) is 0 Å². The van der Waals surface area contributed by atoms with E-state index in [0.717, 1.165) is 32.6 Å². The number of halogens is 1. The Hall–Kier alpha value is -2.40. The molecule has 148 valence electrons. The van der Waals surface area contributed by atoms with Gasteiger partial charge in [-0.25, -0.2) is 9.18 Å². The van der Waals surface area contributed by atoms with Crippen molar-refractivity contribution in [2.24, 2.45) is 0 Å². The van der Waals surface area contributed by atoms with Crippen LogP contribution in [0.5, 0.6) is 0 Å². The molecule has 2 aliphatic rings. The van der Waals surface area contributed by atoms with Crippen molar-refractivity contribution in [3.8, 4) is 0 Å². The zero-order chi connectivity index (χ0) is 19.3. The van der Waals surface area contributed by atoms with Crippen LogP contribution in [0.15, 0.2) is 54.6 Å². The maximum Gasteiger partial charge on any atom is 0.317 e. The van der Waals surface area contributed by atoms with Crippen LogP contribution in [-0.2, 0) is 6.54 Å². The number of piperidine rings is 1. The Bertz CT molecular complexity index is 789. The number of carbonyl (C=O) groups is 1. The highest BCUT2D eigenvalue weighted by Crippen LogP contribution is 2.30. The highest BCUT2D eigenvalue weighted by molar-refractivity contribution is 5.74. The third-order valence-corrected chi connectivity index (χ3v) is 6.16. The molecule has 2 heterocycles. The summed E-state index contributed by atoms with van der Waals surface area (Å²) in [7, 11) is 0. The highest BCUT2D eigenvalue weighted by Gasteiger charge is 2.32. The van der Waals surface area contributed by atoms with Crippen molar-refractivity contribution in [3.05, 3.63) is 71.5 Å². The quantitative estimate of drug-likeness (QED) is 0.869. The summed E-state index contributed by atoms with van der Waals surface area (Å²) in [5.41, 5.74) is 1.97. The summed E-state index contributed by atoms with van der Waals surface area (Å²) in [5.74, 6) is 0.377. The van der Waals surface area contributed by atoms with E-state index in [2.05, 4.69) is 40.5 Å². The molecule has 0 bridgehead atoms. The first-order valence-electron chi connectivity index (χ1n) is 10.3. The smallest absolute Gasteiger partial charge is 0.317 e. The predicted octanol–water partition coefficient (Wildman–Crippen LogP) is 3.99. The molecule has 2 fully saturated rings. The number of rotatable bonds is 4. The zero-order valence-corrected chi connectivity index (χ0v) is 16.2. The third-order valence-electron chi connectivity index (χ3n) is 6.16. The molecule has 1 N–H and O–H groups in total. The number of amides is 2. The highest BCUT2D eigenvalue weighted by atomic mass is 19.1. The SMILES string of the molecule is O=C(NCc1ccccc1F)N1CCC(N2CCC(c3ccccc3)CC2)C1. The van der Waals surface area contributed by atoms with Crippen molar-refractivity contribution >= 4 is 6.03 Å². The van der Waals surface area contributed by atoms with Gasteiger partial charge in [0, 0.05) is 31.2 Å². The Morgan fingerprint density at radius 3 is 2.43 bits per heavy atom. The van der Waals surface area contributed by atoms with Gasteiger partial charge in [-0.1, -0.05) is 48.5 Å². The number of carbonyl (C=O) groups excluding carboxylic acids is 1. The van der Waals surface area contributed by atoms with Crippen molar-refractivity contribution in [2.75, 3.05) is 26.2 Å². The molecule has 0 aromatic heterocycles. The van der Waals surface area contributed by atoms with Crippen LogP contribution in [0.1, 0.15) is 36.3 Å². The van der Waals surface area contributed by atoms with Gasteiger partial charge in [-0.15, -0.1) is 0 Å². The molecule has 1 unspecified atom stereocenters. The second-order valence-corrected chi connectivity index (χ2v) is 7.86. The van der Waals surface area contributed by atoms with Crippen LogP contribution in [0.25, 0.3) is 0 Å². The summed E-state index contributed by atoms with van der Waals surface area (Å²) in [6, 6.07) is 17.7. The monoisotopic (exact) mass is 381 g/mol. The predicted molar refractivity (Wildman–Crippen MR) is 109 cm³/mol. The lowest BCUT2D eigenvalue weighted by Crippen LogP contribution is -2.44. The molecule has 0 spiro atoms. The average molecular weight is 381 g/mol. The fourth-order valence-electron chi connectivity index (χ4n) is 4.47. The summed E-state index contributed by atoms with van der Waals surface area (Å²) < 4.78 is 13.7. The van der Waals surface area contributed by atoms with E-state index in [9.17, 15) is 9.18 Å². The summed E-state index contributed by atoms with van der Waals surface area (Å²) in [4.78, 5) is 16.9. The number of urea groups is 1. The summed E-state index contributed by atoms with van der Waals surface area (Å²) in [6.45, 7) is 3.95. The summed E-state index contributed by atoms with van der Waals surface area (Å²) in [6.07, 6.45) is 3.38. The molecule has 0 radical (unpaired) electrons. The number of likely N-dealkylation sites (tertiary alicyclic amines) is 2. The standard InChI is InChI=1S/C23H28FN3O/c24-22-9-5-4-8-20(22)16-25-23(28)27-15-12-21(17-27)26-13-10-19(11-14-26)18-6-2-1-3-7-18/h1-9,19,21H,10-17H2,(H,25,28). The van der Waals surface area contributed by atoms with Crippen LogP contribution in [0.2, 0.25) is 0 Å². The van der Waals surface area contributed by atoms with Gasteiger partial charge in [0.1, 0.15) is 5.82 Å². The number of hydrogen-bond acceptors (Lipinski definition) is 2. The molecular weight excluding hydrogens is 353 g/mol. The largest absolute Gasteiger partial charge is 0.334 e. The maximum absolute atomic E-state index is 13.7. The fraction of sp³-hybridized carbons (Fsp3) is 0.435. The van der Waals surface area contributed by atoms with Crippen LogP contribution in [0.3, 0.4) is 0 Å². The molecule has 1 atom stereocenters. The Morgan fingerprint density at radius 1 is 0.964 bits per heavy atom. The van der Waals surface area contributed by atoms with Crippen molar-refractivity contribution in [1.82, 2.24) is 15.1 Å². The van der Waals surface area contributed by atoms with E-state index in [1.807, 2.05) is 4.90 Å². The molecule has 2 saturated heterocycles. The Kier molecular flexibility index (Phi) is 5.91. The van der Waals surface area contributed by atoms with E-state index in [4.69, 9.17) is 0 Å². The van der Waals surface area contributed by atoms with E-state index >= 15 is 0 Å². The lowest BCUT2D eigenvalue weighted by atomic mass is 9.89. The van der Waals surface area contributed by atoms with E-state index in [0.29, 0.717) is 17.5 Å². The number of nitrogens with one attached hydrogen (secondary N) is 1. The zero-order valence-electron chi connectivity index (χ0n) is 16.2. The van der Waals surface area contributed by atoms with Gasteiger partial charge in [0.25, 0.3) is 0 Å². The van der Waals surface area contributed by atoms with Gasteiger partial charge >= 0.3 is 6.03 Å². The van der Waals surface area contributed by atoms with Crippen LogP contribution < -0.4 is 5.32 Å². The van der Waals surface area contributed by atoms with Crippen molar-refractivity contribution in [3.63, 3.8) is 0 Å². The minimum absolute atomic E-state index is 0.0927. The van der Waals surface area contributed by atoms with Crippen LogP contribution in [0, 0.1) is 5.82 Å². The normalized spacial score (nSPS) is 21.0. The second kappa shape index (κ2) is 8.74. The molecule has 2 aliphatic heterocycles. The van der Waals surface area contributed by atoms with Crippen molar-refractivity contribution in [1.29, 1.82) is 0 Å². The third kappa shape index (κ3) is 4.36. The van der Waals surface area contributed by atoms with Crippen LogP contribution >= 0.6 is 0 Å². The maximum atomic E-state index is 13.7. The number of benzene rings is 2. The van der Waals surface area contributed by atoms with E-state index in [1.165, 1.54) is 24.5 Å². The van der Waals surface area contributed by atoms with Crippen molar-refractivity contribution in [2.45, 2.75) is 37.8 Å². The van der Waals surface area contributed by atoms with Crippen LogP contribution in [0.4, 0.5) is 9.18 Å². The Balaban J connectivity index is 1.24. The minimum Gasteiger partial charge on any atom is -0.334 e. The molecule has 4 rings (SSSR count). The Labute approximate surface area is 166 Å². The van der Waals surface area contributed by atoms with Gasteiger partial charge in [0.15, 0.2) is 0 Å². The van der Waals surface area contributed by atoms with Gasteiger partial charge in [-0.3, -0.25) is 4.90 Å². The lowest BCUT2D eigenvalue weighted by molar-refractivity contribution is 0.151. The van der Waals surface area contributed by atoms with Gasteiger partial charge < -0.3 is 10.2 Å². The molecule has 28 heavy (non-hydrogen) atoms. The first-order chi connectivity index (χ1) is 13.7. The topological polar surface area (TPSA) is 35.6 Å².